The molecule has 0 bridgehead atoms. The molecule has 0 aliphatic carbocycles. The average molecular weight is 369 g/mol. The van der Waals surface area contributed by atoms with Crippen molar-refractivity contribution in [2.24, 2.45) is 0 Å². The number of carbonyl (C=O) groups is 1. The van der Waals surface area contributed by atoms with E-state index in [-0.39, 0.29) is 5.78 Å². The first kappa shape index (κ1) is 15.8. The number of halogens is 1. The molecule has 0 saturated carbocycles. The fourth-order valence-corrected chi connectivity index (χ4v) is 3.56. The van der Waals surface area contributed by atoms with Crippen LogP contribution in [0.3, 0.4) is 0 Å². The fourth-order valence-electron chi connectivity index (χ4n) is 2.58. The summed E-state index contributed by atoms with van der Waals surface area (Å²) >= 11 is 7.28. The number of carbonyl (C=O) groups excluding carboxylic acids is 1. The maximum atomic E-state index is 12.8. The van der Waals surface area contributed by atoms with Crippen LogP contribution in [0.2, 0.25) is 5.02 Å². The van der Waals surface area contributed by atoms with Gasteiger partial charge in [0.15, 0.2) is 5.13 Å². The lowest BCUT2D eigenvalue weighted by Crippen LogP contribution is -2.08. The van der Waals surface area contributed by atoms with E-state index in [1.54, 1.807) is 18.6 Å². The number of pyridine rings is 1. The molecule has 4 rings (SSSR count). The summed E-state index contributed by atoms with van der Waals surface area (Å²) < 4.78 is 0. The van der Waals surface area contributed by atoms with Gasteiger partial charge < -0.3 is 9.88 Å². The number of aromatic amines is 1. The van der Waals surface area contributed by atoms with Gasteiger partial charge in [0, 0.05) is 35.5 Å². The Morgan fingerprint density at radius 3 is 2.80 bits per heavy atom. The van der Waals surface area contributed by atoms with Gasteiger partial charge >= 0.3 is 0 Å². The summed E-state index contributed by atoms with van der Waals surface area (Å²) in [5.74, 6) is -0.0625. The molecule has 0 aliphatic rings. The first-order valence-electron chi connectivity index (χ1n) is 7.55. The summed E-state index contributed by atoms with van der Waals surface area (Å²) in [6, 6.07) is 11.2. The number of thiazole rings is 1. The third-order valence-corrected chi connectivity index (χ3v) is 5.24. The maximum Gasteiger partial charge on any atom is 0.206 e. The zero-order valence-electron chi connectivity index (χ0n) is 13.2. The predicted octanol–water partition coefficient (Wildman–Crippen LogP) is 4.67. The molecule has 0 amide bonds. The first-order chi connectivity index (χ1) is 12.1. The SMILES string of the molecule is CN(c1ccc(Cl)cc1)c1ncc(C(=O)c2c[nH]c3ncccc23)s1. The molecular weight excluding hydrogens is 356 g/mol. The number of nitrogens with zero attached hydrogens (tertiary/aromatic N) is 3. The van der Waals surface area contributed by atoms with Gasteiger partial charge in [-0.1, -0.05) is 22.9 Å². The Labute approximate surface area is 152 Å². The molecule has 1 N–H and O–H groups in total. The lowest BCUT2D eigenvalue weighted by atomic mass is 10.1. The number of ketones is 1. The summed E-state index contributed by atoms with van der Waals surface area (Å²) in [5, 5.41) is 2.23. The molecule has 0 unspecified atom stereocenters. The quantitative estimate of drug-likeness (QED) is 0.531. The number of hydrogen-bond donors (Lipinski definition) is 1. The Balaban J connectivity index is 1.64. The highest BCUT2D eigenvalue weighted by Crippen LogP contribution is 2.30. The number of rotatable bonds is 4. The number of aromatic nitrogens is 3. The highest BCUT2D eigenvalue weighted by atomic mass is 35.5. The van der Waals surface area contributed by atoms with Crippen LogP contribution in [0, 0.1) is 0 Å². The highest BCUT2D eigenvalue weighted by molar-refractivity contribution is 7.17. The predicted molar refractivity (Wildman–Crippen MR) is 101 cm³/mol. The van der Waals surface area contributed by atoms with Crippen LogP contribution in [-0.2, 0) is 0 Å². The molecule has 0 spiro atoms. The van der Waals surface area contributed by atoms with Gasteiger partial charge in [-0.25, -0.2) is 9.97 Å². The summed E-state index contributed by atoms with van der Waals surface area (Å²) in [5.41, 5.74) is 2.26. The lowest BCUT2D eigenvalue weighted by molar-refractivity contribution is 0.104. The molecule has 0 aliphatic heterocycles. The Hall–Kier alpha value is -2.70. The van der Waals surface area contributed by atoms with E-state index in [1.807, 2.05) is 48.3 Å². The van der Waals surface area contributed by atoms with Crippen LogP contribution in [0.4, 0.5) is 10.8 Å². The second-order valence-corrected chi connectivity index (χ2v) is 6.92. The van der Waals surface area contributed by atoms with Crippen molar-refractivity contribution in [3.63, 3.8) is 0 Å². The average Bonchev–Trinajstić information content (AvgIpc) is 3.29. The van der Waals surface area contributed by atoms with E-state index in [4.69, 9.17) is 11.6 Å². The van der Waals surface area contributed by atoms with Crippen molar-refractivity contribution in [1.82, 2.24) is 15.0 Å². The molecule has 0 radical (unpaired) electrons. The molecule has 0 fully saturated rings. The van der Waals surface area contributed by atoms with Gasteiger partial charge in [-0.2, -0.15) is 0 Å². The van der Waals surface area contributed by atoms with Crippen LogP contribution in [0.25, 0.3) is 11.0 Å². The van der Waals surface area contributed by atoms with Crippen molar-refractivity contribution in [2.75, 3.05) is 11.9 Å². The molecule has 1 aromatic carbocycles. The topological polar surface area (TPSA) is 61.9 Å². The van der Waals surface area contributed by atoms with E-state index in [2.05, 4.69) is 15.0 Å². The van der Waals surface area contributed by atoms with Crippen LogP contribution in [0.5, 0.6) is 0 Å². The van der Waals surface area contributed by atoms with Crippen molar-refractivity contribution in [3.05, 3.63) is 70.5 Å². The molecule has 3 aromatic heterocycles. The van der Waals surface area contributed by atoms with E-state index < -0.39 is 0 Å². The Morgan fingerprint density at radius 2 is 2.00 bits per heavy atom. The number of fused-ring (bicyclic) bond motifs is 1. The van der Waals surface area contributed by atoms with E-state index >= 15 is 0 Å². The fraction of sp³-hybridized carbons (Fsp3) is 0.0556. The monoisotopic (exact) mass is 368 g/mol. The van der Waals surface area contributed by atoms with Gasteiger partial charge in [-0.3, -0.25) is 4.79 Å². The molecule has 7 heteroatoms. The van der Waals surface area contributed by atoms with E-state index in [1.165, 1.54) is 11.3 Å². The molecule has 3 heterocycles. The largest absolute Gasteiger partial charge is 0.345 e. The Kier molecular flexibility index (Phi) is 3.99. The number of H-pyrrole nitrogens is 1. The smallest absolute Gasteiger partial charge is 0.206 e. The molecular formula is C18H13ClN4OS. The van der Waals surface area contributed by atoms with E-state index in [0.29, 0.717) is 21.1 Å². The maximum absolute atomic E-state index is 12.8. The summed E-state index contributed by atoms with van der Waals surface area (Å²) in [7, 11) is 1.91. The molecule has 0 saturated heterocycles. The van der Waals surface area contributed by atoms with Gasteiger partial charge in [0.1, 0.15) is 5.65 Å². The molecule has 5 nitrogen and oxygen atoms in total. The van der Waals surface area contributed by atoms with Crippen molar-refractivity contribution >= 4 is 50.6 Å². The number of nitrogens with one attached hydrogen (secondary N) is 1. The van der Waals surface area contributed by atoms with Crippen LogP contribution >= 0.6 is 22.9 Å². The van der Waals surface area contributed by atoms with E-state index in [9.17, 15) is 4.79 Å². The van der Waals surface area contributed by atoms with Gasteiger partial charge in [0.25, 0.3) is 0 Å². The first-order valence-corrected chi connectivity index (χ1v) is 8.75. The van der Waals surface area contributed by atoms with Crippen LogP contribution in [0.1, 0.15) is 15.2 Å². The van der Waals surface area contributed by atoms with Gasteiger partial charge in [-0.15, -0.1) is 0 Å². The van der Waals surface area contributed by atoms with Crippen molar-refractivity contribution in [1.29, 1.82) is 0 Å². The third-order valence-electron chi connectivity index (χ3n) is 3.91. The zero-order valence-corrected chi connectivity index (χ0v) is 14.8. The third kappa shape index (κ3) is 2.90. The second kappa shape index (κ2) is 6.31. The lowest BCUT2D eigenvalue weighted by Gasteiger charge is -2.15. The van der Waals surface area contributed by atoms with Crippen LogP contribution in [-0.4, -0.2) is 27.8 Å². The van der Waals surface area contributed by atoms with Gasteiger partial charge in [0.2, 0.25) is 5.78 Å². The van der Waals surface area contributed by atoms with Crippen molar-refractivity contribution in [3.8, 4) is 0 Å². The summed E-state index contributed by atoms with van der Waals surface area (Å²) in [6.07, 6.45) is 5.01. The normalized spacial score (nSPS) is 11.0. The van der Waals surface area contributed by atoms with Crippen molar-refractivity contribution in [2.45, 2.75) is 0 Å². The van der Waals surface area contributed by atoms with Crippen LogP contribution < -0.4 is 4.90 Å². The number of benzene rings is 1. The molecule has 25 heavy (non-hydrogen) atoms. The zero-order chi connectivity index (χ0) is 17.4. The minimum Gasteiger partial charge on any atom is -0.345 e. The summed E-state index contributed by atoms with van der Waals surface area (Å²) in [4.78, 5) is 27.0. The van der Waals surface area contributed by atoms with E-state index in [0.717, 1.165) is 16.2 Å². The number of hydrogen-bond acceptors (Lipinski definition) is 5. The second-order valence-electron chi connectivity index (χ2n) is 5.47. The minimum absolute atomic E-state index is 0.0625. The molecule has 0 atom stereocenters. The van der Waals surface area contributed by atoms with Gasteiger partial charge in [0.05, 0.1) is 16.6 Å². The summed E-state index contributed by atoms with van der Waals surface area (Å²) in [6.45, 7) is 0. The van der Waals surface area contributed by atoms with Crippen molar-refractivity contribution < 1.29 is 4.79 Å². The van der Waals surface area contributed by atoms with Crippen LogP contribution in [0.15, 0.2) is 55.0 Å². The Morgan fingerprint density at radius 1 is 1.20 bits per heavy atom. The number of anilines is 2. The standard InChI is InChI=1S/C18H13ClN4OS/c1-23(12-6-4-11(19)5-7-12)18-22-10-15(25-18)16(24)14-9-21-17-13(14)3-2-8-20-17/h2-10H,1H3,(H,20,21). The van der Waals surface area contributed by atoms with Gasteiger partial charge in [-0.05, 0) is 36.4 Å². The molecule has 124 valence electrons. The minimum atomic E-state index is -0.0625. The Bertz CT molecular complexity index is 1050. The highest BCUT2D eigenvalue weighted by Gasteiger charge is 2.18. The molecule has 4 aromatic rings.